The van der Waals surface area contributed by atoms with Gasteiger partial charge in [-0.25, -0.2) is 4.39 Å². The monoisotopic (exact) mass is 402 g/mol. The predicted molar refractivity (Wildman–Crippen MR) is 94.3 cm³/mol. The fraction of sp³-hybridized carbons (Fsp3) is 0.267. The molecule has 0 atom stereocenters. The van der Waals surface area contributed by atoms with Gasteiger partial charge < -0.3 is 15.2 Å². The lowest BCUT2D eigenvalue weighted by atomic mass is 10.2. The number of nitrogens with zero attached hydrogens (tertiary/aromatic N) is 2. The Hall–Kier alpha value is -1.57. The normalized spacial score (nSPS) is 10.9. The Labute approximate surface area is 141 Å². The molecule has 1 aromatic carbocycles. The molecule has 1 aromatic heterocycles. The minimum Gasteiger partial charge on any atom is -0.357 e. The fourth-order valence-corrected chi connectivity index (χ4v) is 1.86. The van der Waals surface area contributed by atoms with E-state index in [-0.39, 0.29) is 29.8 Å². The third kappa shape index (κ3) is 5.74. The Morgan fingerprint density at radius 2 is 1.71 bits per heavy atom. The van der Waals surface area contributed by atoms with Gasteiger partial charge >= 0.3 is 0 Å². The highest BCUT2D eigenvalue weighted by Gasteiger charge is 2.00. The second-order valence-electron chi connectivity index (χ2n) is 4.59. The third-order valence-electron chi connectivity index (χ3n) is 2.95. The number of nitrogens with one attached hydrogen (secondary N) is 2. The summed E-state index contributed by atoms with van der Waals surface area (Å²) in [5, 5.41) is 6.42. The van der Waals surface area contributed by atoms with Gasteiger partial charge in [0.1, 0.15) is 5.82 Å². The van der Waals surface area contributed by atoms with E-state index >= 15 is 0 Å². The molecule has 0 saturated carbocycles. The summed E-state index contributed by atoms with van der Waals surface area (Å²) in [4.78, 5) is 4.16. The third-order valence-corrected chi connectivity index (χ3v) is 2.95. The molecule has 0 unspecified atom stereocenters. The Kier molecular flexibility index (Phi) is 7.21. The summed E-state index contributed by atoms with van der Waals surface area (Å²) in [7, 11) is 3.72. The summed E-state index contributed by atoms with van der Waals surface area (Å²) >= 11 is 0. The van der Waals surface area contributed by atoms with Crippen molar-refractivity contribution in [3.63, 3.8) is 0 Å². The van der Waals surface area contributed by atoms with Gasteiger partial charge in [0.2, 0.25) is 0 Å². The van der Waals surface area contributed by atoms with Crippen LogP contribution in [0.3, 0.4) is 0 Å². The Bertz CT molecular complexity index is 578. The van der Waals surface area contributed by atoms with Crippen LogP contribution in [0, 0.1) is 5.82 Å². The minimum absolute atomic E-state index is 0. The van der Waals surface area contributed by atoms with E-state index in [1.165, 1.54) is 17.7 Å². The Morgan fingerprint density at radius 3 is 2.24 bits per heavy atom. The number of aryl methyl sites for hydroxylation is 1. The molecular formula is C15H20FIN4. The molecule has 6 heteroatoms. The van der Waals surface area contributed by atoms with Gasteiger partial charge in [0.25, 0.3) is 0 Å². The molecule has 1 heterocycles. The molecule has 0 aliphatic heterocycles. The zero-order valence-corrected chi connectivity index (χ0v) is 14.5. The van der Waals surface area contributed by atoms with Crippen molar-refractivity contribution in [1.82, 2.24) is 15.2 Å². The van der Waals surface area contributed by atoms with Crippen LogP contribution in [-0.4, -0.2) is 17.6 Å². The van der Waals surface area contributed by atoms with Crippen molar-refractivity contribution in [2.24, 2.45) is 12.0 Å². The van der Waals surface area contributed by atoms with Gasteiger partial charge in [0.05, 0.1) is 0 Å². The first-order valence-electron chi connectivity index (χ1n) is 6.47. The van der Waals surface area contributed by atoms with Crippen molar-refractivity contribution < 1.29 is 4.39 Å². The van der Waals surface area contributed by atoms with Crippen LogP contribution in [0.2, 0.25) is 0 Å². The van der Waals surface area contributed by atoms with Crippen LogP contribution in [0.25, 0.3) is 0 Å². The first kappa shape index (κ1) is 17.5. The Balaban J connectivity index is 0.00000220. The van der Waals surface area contributed by atoms with Gasteiger partial charge in [0, 0.05) is 39.6 Å². The van der Waals surface area contributed by atoms with Crippen LogP contribution < -0.4 is 10.6 Å². The summed E-state index contributed by atoms with van der Waals surface area (Å²) in [6.45, 7) is 1.32. The highest BCUT2D eigenvalue weighted by molar-refractivity contribution is 14.0. The molecule has 0 spiro atoms. The van der Waals surface area contributed by atoms with E-state index in [0.29, 0.717) is 13.1 Å². The number of rotatable bonds is 4. The zero-order chi connectivity index (χ0) is 14.4. The van der Waals surface area contributed by atoms with Gasteiger partial charge in [-0.05, 0) is 29.3 Å². The van der Waals surface area contributed by atoms with E-state index in [9.17, 15) is 4.39 Å². The predicted octanol–water partition coefficient (Wildman–Crippen LogP) is 2.65. The van der Waals surface area contributed by atoms with Crippen molar-refractivity contribution >= 4 is 29.9 Å². The summed E-state index contributed by atoms with van der Waals surface area (Å²) in [6, 6.07) is 8.48. The molecular weight excluding hydrogens is 382 g/mol. The lowest BCUT2D eigenvalue weighted by molar-refractivity contribution is 0.626. The first-order valence-corrected chi connectivity index (χ1v) is 6.47. The highest BCUT2D eigenvalue weighted by atomic mass is 127. The molecule has 2 N–H and O–H groups in total. The summed E-state index contributed by atoms with van der Waals surface area (Å²) in [6.07, 6.45) is 4.06. The standard InChI is InChI=1S/C15H19FN4.HI/c1-17-15(19-10-13-7-8-20(2)11-13)18-9-12-3-5-14(16)6-4-12;/h3-8,11H,9-10H2,1-2H3,(H2,17,18,19);1H. The van der Waals surface area contributed by atoms with Crippen LogP contribution >= 0.6 is 24.0 Å². The average molecular weight is 402 g/mol. The van der Waals surface area contributed by atoms with E-state index in [2.05, 4.69) is 27.9 Å². The molecule has 2 rings (SSSR count). The summed E-state index contributed by atoms with van der Waals surface area (Å²) < 4.78 is 14.8. The van der Waals surface area contributed by atoms with E-state index in [0.717, 1.165) is 11.5 Å². The second-order valence-corrected chi connectivity index (χ2v) is 4.59. The fourth-order valence-electron chi connectivity index (χ4n) is 1.86. The largest absolute Gasteiger partial charge is 0.357 e. The first-order chi connectivity index (χ1) is 9.67. The lowest BCUT2D eigenvalue weighted by Gasteiger charge is -2.11. The maximum atomic E-state index is 12.8. The van der Waals surface area contributed by atoms with Gasteiger partial charge in [0.15, 0.2) is 5.96 Å². The highest BCUT2D eigenvalue weighted by Crippen LogP contribution is 2.02. The second kappa shape index (κ2) is 8.66. The topological polar surface area (TPSA) is 41.4 Å². The number of hydrogen-bond donors (Lipinski definition) is 2. The molecule has 21 heavy (non-hydrogen) atoms. The van der Waals surface area contributed by atoms with E-state index < -0.39 is 0 Å². The number of aromatic nitrogens is 1. The van der Waals surface area contributed by atoms with Crippen molar-refractivity contribution in [3.8, 4) is 0 Å². The van der Waals surface area contributed by atoms with E-state index in [1.54, 1.807) is 19.2 Å². The van der Waals surface area contributed by atoms with Gasteiger partial charge in [-0.3, -0.25) is 4.99 Å². The number of guanidine groups is 1. The van der Waals surface area contributed by atoms with E-state index in [4.69, 9.17) is 0 Å². The maximum absolute atomic E-state index is 12.8. The lowest BCUT2D eigenvalue weighted by Crippen LogP contribution is -2.36. The van der Waals surface area contributed by atoms with Crippen molar-refractivity contribution in [1.29, 1.82) is 0 Å². The van der Waals surface area contributed by atoms with Gasteiger partial charge in [-0.2, -0.15) is 0 Å². The SMILES string of the molecule is CN=C(NCc1ccc(F)cc1)NCc1ccn(C)c1.I. The van der Waals surface area contributed by atoms with Gasteiger partial charge in [-0.15, -0.1) is 24.0 Å². The van der Waals surface area contributed by atoms with Crippen LogP contribution in [0.4, 0.5) is 4.39 Å². The molecule has 2 aromatic rings. The molecule has 4 nitrogen and oxygen atoms in total. The van der Waals surface area contributed by atoms with Crippen molar-refractivity contribution in [3.05, 3.63) is 59.7 Å². The van der Waals surface area contributed by atoms with Crippen molar-refractivity contribution in [2.45, 2.75) is 13.1 Å². The number of benzene rings is 1. The molecule has 0 radical (unpaired) electrons. The van der Waals surface area contributed by atoms with Gasteiger partial charge in [-0.1, -0.05) is 12.1 Å². The van der Waals surface area contributed by atoms with Crippen LogP contribution in [0.5, 0.6) is 0 Å². The van der Waals surface area contributed by atoms with Crippen molar-refractivity contribution in [2.75, 3.05) is 7.05 Å². The zero-order valence-electron chi connectivity index (χ0n) is 12.1. The van der Waals surface area contributed by atoms with E-state index in [1.807, 2.05) is 17.8 Å². The quantitative estimate of drug-likeness (QED) is 0.469. The molecule has 0 saturated heterocycles. The Morgan fingerprint density at radius 1 is 1.10 bits per heavy atom. The minimum atomic E-state index is -0.222. The molecule has 0 amide bonds. The molecule has 114 valence electrons. The number of aliphatic imine (C=N–C) groups is 1. The summed E-state index contributed by atoms with van der Waals surface area (Å²) in [5.41, 5.74) is 2.20. The smallest absolute Gasteiger partial charge is 0.191 e. The number of halogens is 2. The van der Waals surface area contributed by atoms with Crippen LogP contribution in [0.15, 0.2) is 47.7 Å². The summed E-state index contributed by atoms with van der Waals surface area (Å²) in [5.74, 6) is 0.499. The molecule has 0 aliphatic rings. The number of hydrogen-bond acceptors (Lipinski definition) is 1. The van der Waals surface area contributed by atoms with Crippen LogP contribution in [0.1, 0.15) is 11.1 Å². The maximum Gasteiger partial charge on any atom is 0.191 e. The average Bonchev–Trinajstić information content (AvgIpc) is 2.87. The van der Waals surface area contributed by atoms with Crippen LogP contribution in [-0.2, 0) is 20.1 Å². The molecule has 0 bridgehead atoms. The molecule has 0 aliphatic carbocycles. The molecule has 0 fully saturated rings.